The Morgan fingerprint density at radius 1 is 1.28 bits per heavy atom. The van der Waals surface area contributed by atoms with Crippen LogP contribution in [0.3, 0.4) is 0 Å². The summed E-state index contributed by atoms with van der Waals surface area (Å²) in [6.07, 6.45) is 0. The smallest absolute Gasteiger partial charge is 0.253 e. The van der Waals surface area contributed by atoms with Crippen LogP contribution in [0, 0.1) is 0 Å². The van der Waals surface area contributed by atoms with Crippen molar-refractivity contribution in [2.45, 2.75) is 13.5 Å². The number of carbonyl (C=O) groups is 2. The first-order chi connectivity index (χ1) is 12.2. The molecule has 6 heteroatoms. The van der Waals surface area contributed by atoms with E-state index in [9.17, 15) is 9.59 Å². The third kappa shape index (κ3) is 2.55. The molecule has 0 atom stereocenters. The summed E-state index contributed by atoms with van der Waals surface area (Å²) in [7, 11) is 0. The molecule has 0 bridgehead atoms. The maximum Gasteiger partial charge on any atom is 0.253 e. The van der Waals surface area contributed by atoms with Crippen LogP contribution in [0.4, 0.5) is 0 Å². The second-order valence-electron chi connectivity index (χ2n) is 5.96. The number of hydrogen-bond donors (Lipinski definition) is 2. The molecule has 126 valence electrons. The predicted octanol–water partition coefficient (Wildman–Crippen LogP) is 2.20. The van der Waals surface area contributed by atoms with Gasteiger partial charge >= 0.3 is 0 Å². The normalized spacial score (nSPS) is 13.4. The van der Waals surface area contributed by atoms with Crippen LogP contribution in [-0.4, -0.2) is 34.5 Å². The molecule has 0 aliphatic carbocycles. The summed E-state index contributed by atoms with van der Waals surface area (Å²) in [6.45, 7) is 3.66. The summed E-state index contributed by atoms with van der Waals surface area (Å²) in [5, 5.41) is 5.72. The molecule has 1 aliphatic rings. The minimum atomic E-state index is -0.103. The second-order valence-corrected chi connectivity index (χ2v) is 5.96. The van der Waals surface area contributed by atoms with Crippen LogP contribution >= 0.6 is 0 Å². The van der Waals surface area contributed by atoms with Crippen LogP contribution in [0.15, 0.2) is 42.5 Å². The molecule has 6 nitrogen and oxygen atoms in total. The summed E-state index contributed by atoms with van der Waals surface area (Å²) in [4.78, 5) is 29.1. The van der Waals surface area contributed by atoms with Crippen molar-refractivity contribution in [2.24, 2.45) is 0 Å². The van der Waals surface area contributed by atoms with Crippen molar-refractivity contribution >= 4 is 22.8 Å². The zero-order valence-corrected chi connectivity index (χ0v) is 13.9. The summed E-state index contributed by atoms with van der Waals surface area (Å²) in [6, 6.07) is 13.0. The van der Waals surface area contributed by atoms with Crippen LogP contribution in [0.2, 0.25) is 0 Å². The van der Waals surface area contributed by atoms with Gasteiger partial charge in [0.1, 0.15) is 5.82 Å². The van der Waals surface area contributed by atoms with Crippen molar-refractivity contribution in [2.75, 3.05) is 13.1 Å². The van der Waals surface area contributed by atoms with Gasteiger partial charge in [-0.15, -0.1) is 0 Å². The highest BCUT2D eigenvalue weighted by molar-refractivity contribution is 6.06. The van der Waals surface area contributed by atoms with E-state index >= 15 is 0 Å². The van der Waals surface area contributed by atoms with Gasteiger partial charge in [-0.2, -0.15) is 0 Å². The third-order valence-corrected chi connectivity index (χ3v) is 4.35. The summed E-state index contributed by atoms with van der Waals surface area (Å²) < 4.78 is 2.05. The van der Waals surface area contributed by atoms with Gasteiger partial charge in [-0.05, 0) is 31.2 Å². The van der Waals surface area contributed by atoms with E-state index in [1.54, 1.807) is 6.07 Å². The van der Waals surface area contributed by atoms with E-state index in [1.807, 2.05) is 43.3 Å². The number of amides is 2. The number of para-hydroxylation sites is 1. The first-order valence-electron chi connectivity index (χ1n) is 8.35. The molecule has 1 aromatic heterocycles. The van der Waals surface area contributed by atoms with Crippen LogP contribution in [0.5, 0.6) is 0 Å². The number of benzene rings is 2. The number of rotatable bonds is 3. The first kappa shape index (κ1) is 15.4. The average molecular weight is 334 g/mol. The molecule has 0 unspecified atom stereocenters. The van der Waals surface area contributed by atoms with E-state index in [2.05, 4.69) is 15.2 Å². The Balaban J connectivity index is 1.89. The van der Waals surface area contributed by atoms with E-state index in [1.165, 1.54) is 0 Å². The van der Waals surface area contributed by atoms with Crippen molar-refractivity contribution in [1.82, 2.24) is 20.2 Å². The summed E-state index contributed by atoms with van der Waals surface area (Å²) in [5.41, 5.74) is 3.72. The highest BCUT2D eigenvalue weighted by atomic mass is 16.2. The Kier molecular flexibility index (Phi) is 3.72. The van der Waals surface area contributed by atoms with Crippen molar-refractivity contribution in [3.63, 3.8) is 0 Å². The van der Waals surface area contributed by atoms with Gasteiger partial charge in [0.15, 0.2) is 0 Å². The fourth-order valence-electron chi connectivity index (χ4n) is 3.25. The van der Waals surface area contributed by atoms with Crippen LogP contribution in [0.25, 0.3) is 22.4 Å². The topological polar surface area (TPSA) is 76.0 Å². The van der Waals surface area contributed by atoms with Gasteiger partial charge in [0.25, 0.3) is 11.8 Å². The van der Waals surface area contributed by atoms with Gasteiger partial charge in [-0.3, -0.25) is 9.59 Å². The Hall–Kier alpha value is -3.15. The molecule has 25 heavy (non-hydrogen) atoms. The van der Waals surface area contributed by atoms with E-state index in [0.717, 1.165) is 22.4 Å². The molecule has 0 radical (unpaired) electrons. The van der Waals surface area contributed by atoms with Crippen molar-refractivity contribution in [1.29, 1.82) is 0 Å². The highest BCUT2D eigenvalue weighted by Gasteiger charge is 2.22. The maximum absolute atomic E-state index is 12.2. The average Bonchev–Trinajstić information content (AvgIpc) is 2.91. The van der Waals surface area contributed by atoms with E-state index in [-0.39, 0.29) is 11.8 Å². The lowest BCUT2D eigenvalue weighted by atomic mass is 10.1. The fraction of sp³-hybridized carbons (Fsp3) is 0.211. The number of carbonyl (C=O) groups excluding carboxylic acids is 2. The van der Waals surface area contributed by atoms with Crippen molar-refractivity contribution in [3.8, 4) is 11.4 Å². The molecular weight excluding hydrogens is 316 g/mol. The molecule has 0 saturated carbocycles. The Bertz CT molecular complexity index is 990. The molecule has 2 aromatic carbocycles. The molecule has 1 aliphatic heterocycles. The highest BCUT2D eigenvalue weighted by Crippen LogP contribution is 2.28. The number of hydrogen-bond acceptors (Lipinski definition) is 3. The van der Waals surface area contributed by atoms with Crippen molar-refractivity contribution < 1.29 is 9.59 Å². The minimum Gasteiger partial charge on any atom is -0.352 e. The number of nitrogens with one attached hydrogen (secondary N) is 2. The zero-order chi connectivity index (χ0) is 17.4. The molecular formula is C19H18N4O2. The molecule has 2 heterocycles. The lowest BCUT2D eigenvalue weighted by Gasteiger charge is -2.09. The number of imidazole rings is 1. The lowest BCUT2D eigenvalue weighted by Crippen LogP contribution is -2.24. The largest absolute Gasteiger partial charge is 0.352 e. The zero-order valence-electron chi connectivity index (χ0n) is 13.9. The molecule has 2 amide bonds. The Morgan fingerprint density at radius 3 is 2.96 bits per heavy atom. The maximum atomic E-state index is 12.2. The minimum absolute atomic E-state index is 0.0770. The van der Waals surface area contributed by atoms with Gasteiger partial charge in [-0.1, -0.05) is 18.2 Å². The molecule has 0 spiro atoms. The molecule has 4 rings (SSSR count). The molecule has 0 saturated heterocycles. The molecule has 2 N–H and O–H groups in total. The Morgan fingerprint density at radius 2 is 2.12 bits per heavy atom. The van der Waals surface area contributed by atoms with Gasteiger partial charge in [-0.25, -0.2) is 4.98 Å². The van der Waals surface area contributed by atoms with Crippen LogP contribution in [-0.2, 0) is 6.54 Å². The monoisotopic (exact) mass is 334 g/mol. The van der Waals surface area contributed by atoms with Crippen LogP contribution < -0.4 is 10.6 Å². The Labute approximate surface area is 144 Å². The van der Waals surface area contributed by atoms with Gasteiger partial charge in [0.05, 0.1) is 16.6 Å². The first-order valence-corrected chi connectivity index (χ1v) is 8.35. The number of aromatic nitrogens is 2. The van der Waals surface area contributed by atoms with E-state index < -0.39 is 0 Å². The molecule has 0 fully saturated rings. The molecule has 3 aromatic rings. The third-order valence-electron chi connectivity index (χ3n) is 4.35. The predicted molar refractivity (Wildman–Crippen MR) is 95.5 cm³/mol. The second kappa shape index (κ2) is 6.05. The quantitative estimate of drug-likeness (QED) is 0.771. The van der Waals surface area contributed by atoms with Crippen molar-refractivity contribution in [3.05, 3.63) is 53.6 Å². The van der Waals surface area contributed by atoms with Crippen LogP contribution in [0.1, 0.15) is 27.6 Å². The number of nitrogens with zero attached hydrogens (tertiary/aromatic N) is 2. The lowest BCUT2D eigenvalue weighted by molar-refractivity contribution is 0.0948. The van der Waals surface area contributed by atoms with E-state index in [0.29, 0.717) is 30.8 Å². The standard InChI is InChI=1S/C19H18N4O2/c1-2-20-18(24)13-6-3-5-12(11-13)17-22-15-8-4-7-14-16(15)23(17)10-9-21-19(14)25/h3-8,11H,2,9-10H2,1H3,(H,20,24)(H,21,25). The van der Waals surface area contributed by atoms with E-state index in [4.69, 9.17) is 4.98 Å². The fourth-order valence-corrected chi connectivity index (χ4v) is 3.25. The summed E-state index contributed by atoms with van der Waals surface area (Å²) >= 11 is 0. The van der Waals surface area contributed by atoms with Gasteiger partial charge in [0.2, 0.25) is 0 Å². The SMILES string of the molecule is CCNC(=O)c1cccc(-c2nc3cccc4c3n2CCNC4=O)c1. The summed E-state index contributed by atoms with van der Waals surface area (Å²) in [5.74, 6) is 0.589. The van der Waals surface area contributed by atoms with Gasteiger partial charge in [0, 0.05) is 30.8 Å². The van der Waals surface area contributed by atoms with Gasteiger partial charge < -0.3 is 15.2 Å².